The second kappa shape index (κ2) is 11.3. The van der Waals surface area contributed by atoms with Crippen molar-refractivity contribution in [3.8, 4) is 0 Å². The van der Waals surface area contributed by atoms with E-state index in [4.69, 9.17) is 16.3 Å². The summed E-state index contributed by atoms with van der Waals surface area (Å²) in [5.74, 6) is 0.461. The van der Waals surface area contributed by atoms with Crippen LogP contribution in [0.25, 0.3) is 0 Å². The molecule has 162 valence electrons. The van der Waals surface area contributed by atoms with Gasteiger partial charge in [-0.3, -0.25) is 4.90 Å². The molecule has 1 aliphatic rings. The smallest absolute Gasteiger partial charge is 0.322 e. The number of rotatable bonds is 8. The van der Waals surface area contributed by atoms with Gasteiger partial charge in [-0.1, -0.05) is 49.7 Å². The van der Waals surface area contributed by atoms with Crippen LogP contribution in [0.2, 0.25) is 5.02 Å². The van der Waals surface area contributed by atoms with Gasteiger partial charge in [-0.2, -0.15) is 0 Å². The molecule has 1 heterocycles. The van der Waals surface area contributed by atoms with Crippen LogP contribution in [0, 0.1) is 0 Å². The maximum Gasteiger partial charge on any atom is 0.322 e. The maximum atomic E-state index is 13.1. The van der Waals surface area contributed by atoms with Crippen molar-refractivity contribution in [2.75, 3.05) is 44.7 Å². The van der Waals surface area contributed by atoms with Gasteiger partial charge in [0.2, 0.25) is 0 Å². The van der Waals surface area contributed by atoms with E-state index < -0.39 is 0 Å². The highest BCUT2D eigenvalue weighted by Gasteiger charge is 2.16. The second-order valence-electron chi connectivity index (χ2n) is 8.07. The number of halogens is 1. The summed E-state index contributed by atoms with van der Waals surface area (Å²) in [5.41, 5.74) is 3.19. The zero-order chi connectivity index (χ0) is 21.3. The highest BCUT2D eigenvalue weighted by atomic mass is 35.5. The molecule has 3 rings (SSSR count). The topological polar surface area (TPSA) is 44.8 Å². The molecule has 6 heteroatoms. The average Bonchev–Trinajstić information content (AvgIpc) is 2.75. The molecule has 0 bridgehead atoms. The fourth-order valence-electron chi connectivity index (χ4n) is 3.57. The van der Waals surface area contributed by atoms with E-state index in [-0.39, 0.29) is 6.03 Å². The summed E-state index contributed by atoms with van der Waals surface area (Å²) in [7, 11) is 0. The van der Waals surface area contributed by atoms with Gasteiger partial charge >= 0.3 is 6.03 Å². The molecule has 1 saturated heterocycles. The number of anilines is 1. The molecule has 5 nitrogen and oxygen atoms in total. The first-order chi connectivity index (χ1) is 14.5. The molecule has 0 spiro atoms. The van der Waals surface area contributed by atoms with Crippen molar-refractivity contribution >= 4 is 23.3 Å². The molecular formula is C24H32ClN3O2. The number of benzene rings is 2. The van der Waals surface area contributed by atoms with Crippen LogP contribution in [0.1, 0.15) is 37.3 Å². The minimum absolute atomic E-state index is 0.0887. The number of hydrogen-bond acceptors (Lipinski definition) is 3. The highest BCUT2D eigenvalue weighted by Crippen LogP contribution is 2.18. The molecule has 1 N–H and O–H groups in total. The average molecular weight is 430 g/mol. The van der Waals surface area contributed by atoms with Gasteiger partial charge in [0.1, 0.15) is 0 Å². The van der Waals surface area contributed by atoms with E-state index in [1.807, 2.05) is 17.0 Å². The molecule has 2 aromatic carbocycles. The Bertz CT molecular complexity index is 804. The Labute approximate surface area is 185 Å². The molecule has 0 atom stereocenters. The number of hydrogen-bond donors (Lipinski definition) is 1. The zero-order valence-electron chi connectivity index (χ0n) is 17.9. The Morgan fingerprint density at radius 3 is 2.60 bits per heavy atom. The molecule has 0 radical (unpaired) electrons. The first-order valence-corrected chi connectivity index (χ1v) is 11.1. The minimum Gasteiger partial charge on any atom is -0.379 e. The van der Waals surface area contributed by atoms with Gasteiger partial charge in [0, 0.05) is 43.4 Å². The Balaban J connectivity index is 1.65. The van der Waals surface area contributed by atoms with Crippen LogP contribution >= 0.6 is 11.6 Å². The van der Waals surface area contributed by atoms with E-state index in [0.717, 1.165) is 50.5 Å². The van der Waals surface area contributed by atoms with Crippen LogP contribution in [0.3, 0.4) is 0 Å². The van der Waals surface area contributed by atoms with E-state index in [9.17, 15) is 4.79 Å². The van der Waals surface area contributed by atoms with Gasteiger partial charge < -0.3 is 15.0 Å². The Kier molecular flexibility index (Phi) is 8.55. The number of nitrogens with one attached hydrogen (secondary N) is 1. The molecule has 30 heavy (non-hydrogen) atoms. The number of amides is 2. The lowest BCUT2D eigenvalue weighted by molar-refractivity contribution is 0.0365. The molecule has 2 amide bonds. The van der Waals surface area contributed by atoms with Gasteiger partial charge in [0.05, 0.1) is 13.2 Å². The summed E-state index contributed by atoms with van der Waals surface area (Å²) in [4.78, 5) is 17.3. The van der Waals surface area contributed by atoms with Gasteiger partial charge in [0.15, 0.2) is 0 Å². The van der Waals surface area contributed by atoms with Crippen molar-refractivity contribution in [2.45, 2.75) is 32.7 Å². The normalized spacial score (nSPS) is 14.7. The fourth-order valence-corrected chi connectivity index (χ4v) is 3.70. The van der Waals surface area contributed by atoms with Crippen molar-refractivity contribution in [3.63, 3.8) is 0 Å². The Morgan fingerprint density at radius 1 is 1.17 bits per heavy atom. The van der Waals surface area contributed by atoms with Crippen molar-refractivity contribution in [1.29, 1.82) is 0 Å². The fraction of sp³-hybridized carbons (Fsp3) is 0.458. The van der Waals surface area contributed by atoms with Gasteiger partial charge in [-0.15, -0.1) is 0 Å². The lowest BCUT2D eigenvalue weighted by Gasteiger charge is -2.28. The van der Waals surface area contributed by atoms with E-state index in [2.05, 4.69) is 48.3 Å². The third-order valence-corrected chi connectivity index (χ3v) is 5.63. The summed E-state index contributed by atoms with van der Waals surface area (Å²) >= 11 is 5.96. The minimum atomic E-state index is -0.0887. The molecule has 0 aliphatic carbocycles. The lowest BCUT2D eigenvalue weighted by Crippen LogP contribution is -2.40. The number of carbonyl (C=O) groups is 1. The zero-order valence-corrected chi connectivity index (χ0v) is 18.7. The van der Waals surface area contributed by atoms with Crippen LogP contribution in [-0.2, 0) is 11.3 Å². The van der Waals surface area contributed by atoms with Crippen molar-refractivity contribution < 1.29 is 9.53 Å². The quantitative estimate of drug-likeness (QED) is 0.625. The molecular weight excluding hydrogens is 398 g/mol. The second-order valence-corrected chi connectivity index (χ2v) is 8.50. The summed E-state index contributed by atoms with van der Waals surface area (Å²) < 4.78 is 5.42. The first kappa shape index (κ1) is 22.6. The third-order valence-electron chi connectivity index (χ3n) is 5.38. The van der Waals surface area contributed by atoms with Crippen LogP contribution in [0.4, 0.5) is 10.5 Å². The summed E-state index contributed by atoms with van der Waals surface area (Å²) in [6.07, 6.45) is 0.928. The predicted octanol–water partition coefficient (Wildman–Crippen LogP) is 5.22. The van der Waals surface area contributed by atoms with E-state index in [0.29, 0.717) is 24.0 Å². The SMILES string of the molecule is CC(C)c1cccc(CN(CCCN2CCOCC2)C(=O)Nc2ccc(Cl)cc2)c1. The maximum absolute atomic E-state index is 13.1. The van der Waals surface area contributed by atoms with Gasteiger partial charge in [-0.05, 0) is 47.7 Å². The summed E-state index contributed by atoms with van der Waals surface area (Å²) in [6.45, 7) is 10.1. The highest BCUT2D eigenvalue weighted by molar-refractivity contribution is 6.30. The monoisotopic (exact) mass is 429 g/mol. The van der Waals surface area contributed by atoms with Gasteiger partial charge in [-0.25, -0.2) is 4.79 Å². The summed E-state index contributed by atoms with van der Waals surface area (Å²) in [6, 6.07) is 15.6. The predicted molar refractivity (Wildman–Crippen MR) is 123 cm³/mol. The Morgan fingerprint density at radius 2 is 1.90 bits per heavy atom. The molecule has 1 aliphatic heterocycles. The van der Waals surface area contributed by atoms with E-state index in [1.165, 1.54) is 5.56 Å². The van der Waals surface area contributed by atoms with Crippen LogP contribution in [0.5, 0.6) is 0 Å². The van der Waals surface area contributed by atoms with E-state index >= 15 is 0 Å². The third kappa shape index (κ3) is 7.01. The van der Waals surface area contributed by atoms with Gasteiger partial charge in [0.25, 0.3) is 0 Å². The first-order valence-electron chi connectivity index (χ1n) is 10.7. The number of morpholine rings is 1. The number of ether oxygens (including phenoxy) is 1. The summed E-state index contributed by atoms with van der Waals surface area (Å²) in [5, 5.41) is 3.66. The molecule has 0 unspecified atom stereocenters. The van der Waals surface area contributed by atoms with Crippen molar-refractivity contribution in [1.82, 2.24) is 9.80 Å². The van der Waals surface area contributed by atoms with Crippen LogP contribution in [-0.4, -0.2) is 55.2 Å². The molecule has 0 aromatic heterocycles. The number of urea groups is 1. The largest absolute Gasteiger partial charge is 0.379 e. The molecule has 0 saturated carbocycles. The van der Waals surface area contributed by atoms with Crippen LogP contribution in [0.15, 0.2) is 48.5 Å². The number of nitrogens with zero attached hydrogens (tertiary/aromatic N) is 2. The van der Waals surface area contributed by atoms with Crippen molar-refractivity contribution in [2.24, 2.45) is 0 Å². The molecule has 2 aromatic rings. The Hall–Kier alpha value is -2.08. The standard InChI is InChI=1S/C24H32ClN3O2/c1-19(2)21-6-3-5-20(17-21)18-28(12-4-11-27-13-15-30-16-14-27)24(29)26-23-9-7-22(25)8-10-23/h3,5-10,17,19H,4,11-16,18H2,1-2H3,(H,26,29). The number of carbonyl (C=O) groups excluding carboxylic acids is 1. The molecule has 1 fully saturated rings. The van der Waals surface area contributed by atoms with Crippen LogP contribution < -0.4 is 5.32 Å². The van der Waals surface area contributed by atoms with Crippen molar-refractivity contribution in [3.05, 3.63) is 64.7 Å². The van der Waals surface area contributed by atoms with E-state index in [1.54, 1.807) is 12.1 Å². The lowest BCUT2D eigenvalue weighted by atomic mass is 10.0.